The zero-order chi connectivity index (χ0) is 23.1. The summed E-state index contributed by atoms with van der Waals surface area (Å²) in [6.45, 7) is 5.06. The monoisotopic (exact) mass is 451 g/mol. The second-order valence-electron chi connectivity index (χ2n) is 7.16. The second-order valence-corrected chi connectivity index (χ2v) is 8.00. The molecular weight excluding hydrogens is 426 g/mol. The third-order valence-corrected chi connectivity index (χ3v) is 5.62. The summed E-state index contributed by atoms with van der Waals surface area (Å²) in [5.41, 5.74) is 2.89. The van der Waals surface area contributed by atoms with Gasteiger partial charge < -0.3 is 10.1 Å². The number of ether oxygens (including phenoxy) is 1. The maximum absolute atomic E-state index is 12.3. The summed E-state index contributed by atoms with van der Waals surface area (Å²) in [5, 5.41) is 4.86. The molecule has 1 heterocycles. The zero-order valence-electron chi connectivity index (χ0n) is 18.2. The number of rotatable bonds is 8. The molecule has 0 aliphatic heterocycles. The van der Waals surface area contributed by atoms with Crippen molar-refractivity contribution in [1.82, 2.24) is 10.3 Å². The SMILES string of the molecule is CCc1ccc(N(C(C)=O)c2nc(COC(=O)C(C)NC(=O)c3ccccc3)cs2)cc1. The van der Waals surface area contributed by atoms with Gasteiger partial charge in [-0.05, 0) is 43.2 Å². The summed E-state index contributed by atoms with van der Waals surface area (Å²) in [5.74, 6) is -1.08. The smallest absolute Gasteiger partial charge is 0.328 e. The Kier molecular flexibility index (Phi) is 7.72. The highest BCUT2D eigenvalue weighted by molar-refractivity contribution is 7.14. The number of thiazole rings is 1. The first-order valence-corrected chi connectivity index (χ1v) is 11.1. The van der Waals surface area contributed by atoms with Gasteiger partial charge in [0.2, 0.25) is 5.91 Å². The molecule has 166 valence electrons. The fourth-order valence-electron chi connectivity index (χ4n) is 2.97. The Morgan fingerprint density at radius 1 is 1.09 bits per heavy atom. The average molecular weight is 452 g/mol. The van der Waals surface area contributed by atoms with Gasteiger partial charge in [0.15, 0.2) is 5.13 Å². The van der Waals surface area contributed by atoms with Crippen molar-refractivity contribution < 1.29 is 19.1 Å². The molecule has 1 N–H and O–H groups in total. The molecule has 2 amide bonds. The van der Waals surface area contributed by atoms with E-state index in [-0.39, 0.29) is 18.4 Å². The summed E-state index contributed by atoms with van der Waals surface area (Å²) >= 11 is 1.29. The number of hydrogen-bond donors (Lipinski definition) is 1. The van der Waals surface area contributed by atoms with Gasteiger partial charge in [-0.2, -0.15) is 0 Å². The van der Waals surface area contributed by atoms with Crippen LogP contribution >= 0.6 is 11.3 Å². The van der Waals surface area contributed by atoms with Gasteiger partial charge in [0.05, 0.1) is 11.4 Å². The molecular formula is C24H25N3O4S. The zero-order valence-corrected chi connectivity index (χ0v) is 19.0. The predicted octanol–water partition coefficient (Wildman–Crippen LogP) is 4.25. The quantitative estimate of drug-likeness (QED) is 0.517. The van der Waals surface area contributed by atoms with E-state index >= 15 is 0 Å². The van der Waals surface area contributed by atoms with Crippen molar-refractivity contribution >= 4 is 39.9 Å². The van der Waals surface area contributed by atoms with Crippen LogP contribution in [0, 0.1) is 0 Å². The second kappa shape index (κ2) is 10.7. The van der Waals surface area contributed by atoms with Crippen molar-refractivity contribution in [2.24, 2.45) is 0 Å². The normalized spacial score (nSPS) is 11.5. The fourth-order valence-corrected chi connectivity index (χ4v) is 3.84. The molecule has 0 fully saturated rings. The summed E-state index contributed by atoms with van der Waals surface area (Å²) < 4.78 is 5.30. The van der Waals surface area contributed by atoms with E-state index in [0.29, 0.717) is 16.4 Å². The van der Waals surface area contributed by atoms with Crippen LogP contribution in [0.4, 0.5) is 10.8 Å². The Bertz CT molecular complexity index is 1080. The Labute approximate surface area is 191 Å². The van der Waals surface area contributed by atoms with Crippen LogP contribution in [0.2, 0.25) is 0 Å². The Morgan fingerprint density at radius 3 is 2.41 bits per heavy atom. The predicted molar refractivity (Wildman–Crippen MR) is 124 cm³/mol. The molecule has 7 nitrogen and oxygen atoms in total. The molecule has 0 saturated heterocycles. The summed E-state index contributed by atoms with van der Waals surface area (Å²) in [4.78, 5) is 42.7. The summed E-state index contributed by atoms with van der Waals surface area (Å²) in [6, 6.07) is 15.6. The highest BCUT2D eigenvalue weighted by Gasteiger charge is 2.20. The highest BCUT2D eigenvalue weighted by atomic mass is 32.1. The topological polar surface area (TPSA) is 88.6 Å². The van der Waals surface area contributed by atoms with Gasteiger partial charge in [0.1, 0.15) is 12.6 Å². The van der Waals surface area contributed by atoms with Crippen LogP contribution in [-0.4, -0.2) is 28.8 Å². The van der Waals surface area contributed by atoms with E-state index < -0.39 is 12.0 Å². The number of amides is 2. The molecule has 0 bridgehead atoms. The summed E-state index contributed by atoms with van der Waals surface area (Å²) in [7, 11) is 0. The van der Waals surface area contributed by atoms with E-state index in [1.807, 2.05) is 30.3 Å². The van der Waals surface area contributed by atoms with Crippen molar-refractivity contribution in [3.8, 4) is 0 Å². The highest BCUT2D eigenvalue weighted by Crippen LogP contribution is 2.29. The van der Waals surface area contributed by atoms with Crippen LogP contribution in [0.3, 0.4) is 0 Å². The third-order valence-electron chi connectivity index (χ3n) is 4.75. The van der Waals surface area contributed by atoms with Crippen LogP contribution in [0.25, 0.3) is 0 Å². The van der Waals surface area contributed by atoms with Gasteiger partial charge in [-0.25, -0.2) is 9.78 Å². The molecule has 0 radical (unpaired) electrons. The van der Waals surface area contributed by atoms with Crippen LogP contribution in [-0.2, 0) is 27.4 Å². The third kappa shape index (κ3) is 5.79. The number of nitrogens with zero attached hydrogens (tertiary/aromatic N) is 2. The average Bonchev–Trinajstić information content (AvgIpc) is 3.26. The fraction of sp³-hybridized carbons (Fsp3) is 0.250. The number of anilines is 2. The molecule has 3 rings (SSSR count). The molecule has 8 heteroatoms. The van der Waals surface area contributed by atoms with Gasteiger partial charge in [-0.1, -0.05) is 37.3 Å². The minimum Gasteiger partial charge on any atom is -0.458 e. The van der Waals surface area contributed by atoms with E-state index in [2.05, 4.69) is 17.2 Å². The minimum absolute atomic E-state index is 0.0542. The molecule has 1 aromatic heterocycles. The first-order valence-electron chi connectivity index (χ1n) is 10.3. The molecule has 0 aliphatic carbocycles. The van der Waals surface area contributed by atoms with Crippen molar-refractivity contribution in [2.45, 2.75) is 39.8 Å². The molecule has 0 aliphatic rings. The van der Waals surface area contributed by atoms with Crippen LogP contribution < -0.4 is 10.2 Å². The molecule has 0 saturated carbocycles. The number of carbonyl (C=O) groups is 3. The first-order chi connectivity index (χ1) is 15.4. The molecule has 1 atom stereocenters. The summed E-state index contributed by atoms with van der Waals surface area (Å²) in [6.07, 6.45) is 0.914. The Morgan fingerprint density at radius 2 is 1.78 bits per heavy atom. The van der Waals surface area contributed by atoms with Crippen LogP contribution in [0.5, 0.6) is 0 Å². The van der Waals surface area contributed by atoms with Crippen molar-refractivity contribution in [3.63, 3.8) is 0 Å². The lowest BCUT2D eigenvalue weighted by Gasteiger charge is -2.18. The number of aromatic nitrogens is 1. The van der Waals surface area contributed by atoms with Crippen LogP contribution in [0.15, 0.2) is 60.0 Å². The maximum atomic E-state index is 12.3. The molecule has 1 unspecified atom stereocenters. The van der Waals surface area contributed by atoms with Crippen molar-refractivity contribution in [1.29, 1.82) is 0 Å². The maximum Gasteiger partial charge on any atom is 0.328 e. The van der Waals surface area contributed by atoms with E-state index in [0.717, 1.165) is 12.1 Å². The number of nitrogens with one attached hydrogen (secondary N) is 1. The lowest BCUT2D eigenvalue weighted by Crippen LogP contribution is -2.39. The molecule has 0 spiro atoms. The van der Waals surface area contributed by atoms with Gasteiger partial charge >= 0.3 is 5.97 Å². The standard InChI is InChI=1S/C24H25N3O4S/c1-4-18-10-12-21(13-11-18)27(17(3)28)24-26-20(15-32-24)14-31-23(30)16(2)25-22(29)19-8-6-5-7-9-19/h5-13,15-16H,4,14H2,1-3H3,(H,25,29). The van der Waals surface area contributed by atoms with E-state index in [1.165, 1.54) is 28.7 Å². The molecule has 3 aromatic rings. The van der Waals surface area contributed by atoms with Gasteiger partial charge in [0, 0.05) is 17.9 Å². The van der Waals surface area contributed by atoms with Gasteiger partial charge in [0.25, 0.3) is 5.91 Å². The largest absolute Gasteiger partial charge is 0.458 e. The van der Waals surface area contributed by atoms with Gasteiger partial charge in [-0.15, -0.1) is 11.3 Å². The number of benzene rings is 2. The number of aryl methyl sites for hydroxylation is 1. The Balaban J connectivity index is 1.60. The number of hydrogen-bond acceptors (Lipinski definition) is 6. The van der Waals surface area contributed by atoms with Crippen molar-refractivity contribution in [3.05, 3.63) is 76.8 Å². The molecule has 2 aromatic carbocycles. The van der Waals surface area contributed by atoms with Crippen molar-refractivity contribution in [2.75, 3.05) is 4.90 Å². The lowest BCUT2D eigenvalue weighted by atomic mass is 10.1. The van der Waals surface area contributed by atoms with E-state index in [4.69, 9.17) is 4.74 Å². The number of esters is 1. The van der Waals surface area contributed by atoms with E-state index in [9.17, 15) is 14.4 Å². The van der Waals surface area contributed by atoms with E-state index in [1.54, 1.807) is 36.6 Å². The van der Waals surface area contributed by atoms with Crippen LogP contribution in [0.1, 0.15) is 42.4 Å². The molecule has 32 heavy (non-hydrogen) atoms. The first kappa shape index (κ1) is 23.1. The van der Waals surface area contributed by atoms with Gasteiger partial charge in [-0.3, -0.25) is 14.5 Å². The lowest BCUT2D eigenvalue weighted by molar-refractivity contribution is -0.146. The Hall–Kier alpha value is -3.52. The number of carbonyl (C=O) groups excluding carboxylic acids is 3. The minimum atomic E-state index is -0.813.